The maximum absolute atomic E-state index is 6.51. The summed E-state index contributed by atoms with van der Waals surface area (Å²) in [5, 5.41) is 0. The van der Waals surface area contributed by atoms with Crippen molar-refractivity contribution in [1.82, 2.24) is 0 Å². The number of benzene rings is 1. The summed E-state index contributed by atoms with van der Waals surface area (Å²) in [5.41, 5.74) is 9.01. The van der Waals surface area contributed by atoms with Crippen molar-refractivity contribution in [3.63, 3.8) is 0 Å². The fraction of sp³-hybridized carbons (Fsp3) is 0.700. The van der Waals surface area contributed by atoms with Crippen LogP contribution in [0.1, 0.15) is 89.7 Å². The molecule has 1 atom stereocenters. The first-order valence-electron chi connectivity index (χ1n) is 8.98. The SMILES string of the molecule is CCCCCCCCCCC(C)(N)c1ccc(CC)cc1. The van der Waals surface area contributed by atoms with Gasteiger partial charge in [0.05, 0.1) is 0 Å². The van der Waals surface area contributed by atoms with Crippen LogP contribution in [-0.4, -0.2) is 0 Å². The van der Waals surface area contributed by atoms with Crippen molar-refractivity contribution in [3.8, 4) is 0 Å². The Kier molecular flexibility index (Phi) is 8.68. The predicted molar refractivity (Wildman–Crippen MR) is 94.6 cm³/mol. The smallest absolute Gasteiger partial charge is 0.0381 e. The summed E-state index contributed by atoms with van der Waals surface area (Å²) in [6.45, 7) is 6.64. The molecule has 0 aliphatic rings. The van der Waals surface area contributed by atoms with E-state index >= 15 is 0 Å². The molecule has 0 heterocycles. The van der Waals surface area contributed by atoms with Crippen LogP contribution in [0.5, 0.6) is 0 Å². The second-order valence-corrected chi connectivity index (χ2v) is 6.69. The van der Waals surface area contributed by atoms with E-state index in [1.165, 1.54) is 62.5 Å². The van der Waals surface area contributed by atoms with E-state index in [2.05, 4.69) is 45.0 Å². The molecule has 0 amide bonds. The highest BCUT2D eigenvalue weighted by Crippen LogP contribution is 2.25. The molecule has 1 heteroatoms. The van der Waals surface area contributed by atoms with Crippen LogP contribution in [-0.2, 0) is 12.0 Å². The Bertz CT molecular complexity index is 364. The highest BCUT2D eigenvalue weighted by molar-refractivity contribution is 5.27. The second kappa shape index (κ2) is 10.00. The van der Waals surface area contributed by atoms with Crippen molar-refractivity contribution in [2.75, 3.05) is 0 Å². The predicted octanol–water partition coefficient (Wildman–Crippen LogP) is 5.95. The molecule has 0 radical (unpaired) electrons. The average Bonchev–Trinajstić information content (AvgIpc) is 2.50. The fourth-order valence-electron chi connectivity index (χ4n) is 2.89. The number of hydrogen-bond donors (Lipinski definition) is 1. The fourth-order valence-corrected chi connectivity index (χ4v) is 2.89. The summed E-state index contributed by atoms with van der Waals surface area (Å²) < 4.78 is 0. The largest absolute Gasteiger partial charge is 0.322 e. The van der Waals surface area contributed by atoms with Gasteiger partial charge >= 0.3 is 0 Å². The van der Waals surface area contributed by atoms with Gasteiger partial charge in [0, 0.05) is 5.54 Å². The Balaban J connectivity index is 2.22. The van der Waals surface area contributed by atoms with Gasteiger partial charge in [-0.05, 0) is 30.9 Å². The van der Waals surface area contributed by atoms with Crippen LogP contribution in [0, 0.1) is 0 Å². The number of aryl methyl sites for hydroxylation is 1. The van der Waals surface area contributed by atoms with Crippen LogP contribution >= 0.6 is 0 Å². The minimum absolute atomic E-state index is 0.172. The van der Waals surface area contributed by atoms with Crippen molar-refractivity contribution in [1.29, 1.82) is 0 Å². The maximum Gasteiger partial charge on any atom is 0.0381 e. The zero-order valence-electron chi connectivity index (χ0n) is 14.5. The Morgan fingerprint density at radius 1 is 0.810 bits per heavy atom. The van der Waals surface area contributed by atoms with Crippen LogP contribution in [0.15, 0.2) is 24.3 Å². The van der Waals surface area contributed by atoms with E-state index in [9.17, 15) is 0 Å². The van der Waals surface area contributed by atoms with Gasteiger partial charge < -0.3 is 5.73 Å². The van der Waals surface area contributed by atoms with E-state index in [-0.39, 0.29) is 5.54 Å². The van der Waals surface area contributed by atoms with Crippen LogP contribution in [0.25, 0.3) is 0 Å². The van der Waals surface area contributed by atoms with Gasteiger partial charge in [0.15, 0.2) is 0 Å². The van der Waals surface area contributed by atoms with Gasteiger partial charge in [-0.25, -0.2) is 0 Å². The summed E-state index contributed by atoms with van der Waals surface area (Å²) in [6, 6.07) is 8.86. The van der Waals surface area contributed by atoms with Gasteiger partial charge in [0.25, 0.3) is 0 Å². The summed E-state index contributed by atoms with van der Waals surface area (Å²) in [4.78, 5) is 0. The Morgan fingerprint density at radius 3 is 1.86 bits per heavy atom. The first kappa shape index (κ1) is 18.2. The third-order valence-electron chi connectivity index (χ3n) is 4.57. The lowest BCUT2D eigenvalue weighted by Gasteiger charge is -2.25. The highest BCUT2D eigenvalue weighted by Gasteiger charge is 2.20. The molecule has 0 aliphatic heterocycles. The van der Waals surface area contributed by atoms with E-state index in [0.717, 1.165) is 12.8 Å². The zero-order valence-corrected chi connectivity index (χ0v) is 14.5. The quantitative estimate of drug-likeness (QED) is 0.500. The zero-order chi connectivity index (χ0) is 15.6. The number of nitrogens with two attached hydrogens (primary N) is 1. The van der Waals surface area contributed by atoms with E-state index in [4.69, 9.17) is 5.73 Å². The summed E-state index contributed by atoms with van der Waals surface area (Å²) in [7, 11) is 0. The third-order valence-corrected chi connectivity index (χ3v) is 4.57. The van der Waals surface area contributed by atoms with Gasteiger partial charge in [0.2, 0.25) is 0 Å². The van der Waals surface area contributed by atoms with Crippen LogP contribution in [0.2, 0.25) is 0 Å². The summed E-state index contributed by atoms with van der Waals surface area (Å²) in [6.07, 6.45) is 13.1. The average molecular weight is 290 g/mol. The Hall–Kier alpha value is -0.820. The third kappa shape index (κ3) is 7.13. The molecule has 2 N–H and O–H groups in total. The van der Waals surface area contributed by atoms with Gasteiger partial charge in [-0.2, -0.15) is 0 Å². The lowest BCUT2D eigenvalue weighted by molar-refractivity contribution is 0.420. The summed E-state index contributed by atoms with van der Waals surface area (Å²) in [5.74, 6) is 0. The molecule has 1 nitrogen and oxygen atoms in total. The van der Waals surface area contributed by atoms with E-state index < -0.39 is 0 Å². The molecule has 21 heavy (non-hydrogen) atoms. The van der Waals surface area contributed by atoms with Crippen molar-refractivity contribution in [3.05, 3.63) is 35.4 Å². The molecule has 0 saturated carbocycles. The standard InChI is InChI=1S/C20H35N/c1-4-6-7-8-9-10-11-12-17-20(3,21)19-15-13-18(5-2)14-16-19/h13-16H,4-12,17,21H2,1-3H3. The van der Waals surface area contributed by atoms with Crippen molar-refractivity contribution in [2.24, 2.45) is 5.73 Å². The molecule has 1 aromatic carbocycles. The van der Waals surface area contributed by atoms with Crippen molar-refractivity contribution >= 4 is 0 Å². The van der Waals surface area contributed by atoms with Gasteiger partial charge in [-0.1, -0.05) is 89.5 Å². The highest BCUT2D eigenvalue weighted by atomic mass is 14.7. The molecular weight excluding hydrogens is 254 g/mol. The van der Waals surface area contributed by atoms with E-state index in [1.54, 1.807) is 0 Å². The lowest BCUT2D eigenvalue weighted by atomic mass is 9.87. The van der Waals surface area contributed by atoms with Crippen LogP contribution < -0.4 is 5.73 Å². The first-order valence-corrected chi connectivity index (χ1v) is 8.98. The molecule has 0 aromatic heterocycles. The molecule has 0 fully saturated rings. The lowest BCUT2D eigenvalue weighted by Crippen LogP contribution is -2.32. The minimum Gasteiger partial charge on any atom is -0.322 e. The Labute approximate surface area is 132 Å². The maximum atomic E-state index is 6.51. The van der Waals surface area contributed by atoms with Crippen molar-refractivity contribution < 1.29 is 0 Å². The van der Waals surface area contributed by atoms with Gasteiger partial charge in [0.1, 0.15) is 0 Å². The molecule has 1 aromatic rings. The Morgan fingerprint density at radius 2 is 1.33 bits per heavy atom. The number of rotatable bonds is 11. The molecule has 0 aliphatic carbocycles. The molecule has 1 rings (SSSR count). The van der Waals surface area contributed by atoms with Crippen LogP contribution in [0.4, 0.5) is 0 Å². The van der Waals surface area contributed by atoms with E-state index in [1.807, 2.05) is 0 Å². The number of hydrogen-bond acceptors (Lipinski definition) is 1. The molecule has 120 valence electrons. The monoisotopic (exact) mass is 289 g/mol. The minimum atomic E-state index is -0.172. The molecular formula is C20H35N. The molecule has 0 spiro atoms. The number of unbranched alkanes of at least 4 members (excludes halogenated alkanes) is 7. The summed E-state index contributed by atoms with van der Waals surface area (Å²) >= 11 is 0. The van der Waals surface area contributed by atoms with Crippen LogP contribution in [0.3, 0.4) is 0 Å². The van der Waals surface area contributed by atoms with Gasteiger partial charge in [-0.15, -0.1) is 0 Å². The second-order valence-electron chi connectivity index (χ2n) is 6.69. The normalized spacial score (nSPS) is 14.1. The van der Waals surface area contributed by atoms with Crippen molar-refractivity contribution in [2.45, 2.75) is 90.5 Å². The molecule has 0 bridgehead atoms. The van der Waals surface area contributed by atoms with Gasteiger partial charge in [-0.3, -0.25) is 0 Å². The molecule has 0 saturated heterocycles. The molecule has 1 unspecified atom stereocenters. The van der Waals surface area contributed by atoms with E-state index in [0.29, 0.717) is 0 Å². The first-order chi connectivity index (χ1) is 10.1. The topological polar surface area (TPSA) is 26.0 Å².